The molecule has 22 heavy (non-hydrogen) atoms. The number of hydrogen-bond acceptors (Lipinski definition) is 5. The van der Waals surface area contributed by atoms with Crippen LogP contribution in [0.2, 0.25) is 0 Å². The lowest BCUT2D eigenvalue weighted by Crippen LogP contribution is -2.45. The third-order valence-electron chi connectivity index (χ3n) is 4.39. The second kappa shape index (κ2) is 7.24. The zero-order valence-corrected chi connectivity index (χ0v) is 12.7. The van der Waals surface area contributed by atoms with Crippen molar-refractivity contribution in [3.63, 3.8) is 0 Å². The van der Waals surface area contributed by atoms with E-state index in [1.54, 1.807) is 4.90 Å². The molecule has 0 aromatic carbocycles. The molecule has 3 rings (SSSR count). The number of nitrogens with zero attached hydrogens (tertiary/aromatic N) is 1. The van der Waals surface area contributed by atoms with Gasteiger partial charge in [-0.2, -0.15) is 0 Å². The molecular weight excluding hydrogens is 286 g/mol. The van der Waals surface area contributed by atoms with Crippen LogP contribution >= 0.6 is 0 Å². The van der Waals surface area contributed by atoms with Gasteiger partial charge in [-0.3, -0.25) is 9.59 Å². The first-order chi connectivity index (χ1) is 10.7. The third-order valence-corrected chi connectivity index (χ3v) is 4.39. The van der Waals surface area contributed by atoms with Crippen molar-refractivity contribution >= 4 is 11.9 Å². The largest absolute Gasteiger partial charge is 0.452 e. The number of ether oxygens (including phenoxy) is 3. The Labute approximate surface area is 130 Å². The number of hydrogen-bond donors (Lipinski definition) is 0. The normalized spacial score (nSPS) is 28.8. The smallest absolute Gasteiger partial charge is 0.306 e. The van der Waals surface area contributed by atoms with Crippen LogP contribution in [0.25, 0.3) is 0 Å². The van der Waals surface area contributed by atoms with Crippen LogP contribution in [-0.2, 0) is 23.8 Å². The van der Waals surface area contributed by atoms with Crippen molar-refractivity contribution in [3.8, 4) is 0 Å². The predicted molar refractivity (Wildman–Crippen MR) is 77.9 cm³/mol. The number of carbonyl (C=O) groups excluding carboxylic acids is 2. The third kappa shape index (κ3) is 3.87. The summed E-state index contributed by atoms with van der Waals surface area (Å²) in [5.41, 5.74) is 0. The second-order valence-corrected chi connectivity index (χ2v) is 6.08. The number of cyclic esters (lactones) is 1. The van der Waals surface area contributed by atoms with Gasteiger partial charge in [-0.1, -0.05) is 12.2 Å². The van der Waals surface area contributed by atoms with Crippen LogP contribution in [-0.4, -0.2) is 55.5 Å². The van der Waals surface area contributed by atoms with Gasteiger partial charge in [0.15, 0.2) is 12.4 Å². The Morgan fingerprint density at radius 2 is 2.00 bits per heavy atom. The predicted octanol–water partition coefficient (Wildman–Crippen LogP) is 1.25. The summed E-state index contributed by atoms with van der Waals surface area (Å²) in [6, 6.07) is 0. The van der Waals surface area contributed by atoms with E-state index in [2.05, 4.69) is 12.2 Å². The molecule has 3 aliphatic rings. The van der Waals surface area contributed by atoms with Crippen molar-refractivity contribution in [2.45, 2.75) is 44.5 Å². The monoisotopic (exact) mass is 309 g/mol. The molecule has 6 nitrogen and oxygen atoms in total. The molecule has 6 heteroatoms. The summed E-state index contributed by atoms with van der Waals surface area (Å²) < 4.78 is 16.1. The van der Waals surface area contributed by atoms with E-state index in [1.807, 2.05) is 0 Å². The molecule has 0 bridgehead atoms. The zero-order chi connectivity index (χ0) is 15.4. The molecule has 2 heterocycles. The van der Waals surface area contributed by atoms with E-state index >= 15 is 0 Å². The van der Waals surface area contributed by atoms with Crippen molar-refractivity contribution in [3.05, 3.63) is 12.2 Å². The Morgan fingerprint density at radius 1 is 1.18 bits per heavy atom. The van der Waals surface area contributed by atoms with E-state index < -0.39 is 6.10 Å². The van der Waals surface area contributed by atoms with Gasteiger partial charge in [-0.15, -0.1) is 0 Å². The van der Waals surface area contributed by atoms with Gasteiger partial charge in [0.2, 0.25) is 0 Å². The summed E-state index contributed by atoms with van der Waals surface area (Å²) >= 11 is 0. The SMILES string of the molecule is O=C1CC[C@H](C(=O)N(CC2OCCO2)C[C@@H]2CC=CCC2)O1. The Bertz CT molecular complexity index is 444. The minimum absolute atomic E-state index is 0.112. The van der Waals surface area contributed by atoms with E-state index in [0.717, 1.165) is 19.3 Å². The summed E-state index contributed by atoms with van der Waals surface area (Å²) in [5, 5.41) is 0. The highest BCUT2D eigenvalue weighted by atomic mass is 16.7. The fourth-order valence-electron chi connectivity index (χ4n) is 3.18. The summed E-state index contributed by atoms with van der Waals surface area (Å²) in [6.07, 6.45) is 7.30. The van der Waals surface area contributed by atoms with Gasteiger partial charge in [-0.25, -0.2) is 0 Å². The Balaban J connectivity index is 1.62. The van der Waals surface area contributed by atoms with E-state index in [4.69, 9.17) is 14.2 Å². The maximum Gasteiger partial charge on any atom is 0.306 e. The summed E-state index contributed by atoms with van der Waals surface area (Å²) in [7, 11) is 0. The first-order valence-corrected chi connectivity index (χ1v) is 8.09. The summed E-state index contributed by atoms with van der Waals surface area (Å²) in [4.78, 5) is 25.7. The van der Waals surface area contributed by atoms with Crippen LogP contribution in [0, 0.1) is 5.92 Å². The molecule has 0 unspecified atom stereocenters. The van der Waals surface area contributed by atoms with E-state index in [-0.39, 0.29) is 18.2 Å². The number of carbonyl (C=O) groups is 2. The van der Waals surface area contributed by atoms with Gasteiger partial charge in [0, 0.05) is 19.4 Å². The van der Waals surface area contributed by atoms with E-state index in [9.17, 15) is 9.59 Å². The standard InChI is InChI=1S/C16H23NO5/c18-14-7-6-13(22-14)16(19)17(11-15-20-8-9-21-15)10-12-4-2-1-3-5-12/h1-2,12-13,15H,3-11H2/t12-,13-/m1/s1. The van der Waals surface area contributed by atoms with Gasteiger partial charge in [0.25, 0.3) is 5.91 Å². The first kappa shape index (κ1) is 15.5. The van der Waals surface area contributed by atoms with Gasteiger partial charge in [0.05, 0.1) is 19.8 Å². The van der Waals surface area contributed by atoms with Crippen LogP contribution in [0.15, 0.2) is 12.2 Å². The highest BCUT2D eigenvalue weighted by Crippen LogP contribution is 2.23. The number of amides is 1. The lowest BCUT2D eigenvalue weighted by atomic mass is 9.93. The molecule has 0 saturated carbocycles. The zero-order valence-electron chi connectivity index (χ0n) is 12.7. The fraction of sp³-hybridized carbons (Fsp3) is 0.750. The van der Waals surface area contributed by atoms with Crippen LogP contribution < -0.4 is 0 Å². The van der Waals surface area contributed by atoms with Crippen LogP contribution in [0.5, 0.6) is 0 Å². The van der Waals surface area contributed by atoms with Crippen molar-refractivity contribution in [1.29, 1.82) is 0 Å². The average molecular weight is 309 g/mol. The maximum atomic E-state index is 12.7. The van der Waals surface area contributed by atoms with Crippen LogP contribution in [0.3, 0.4) is 0 Å². The van der Waals surface area contributed by atoms with Crippen molar-refractivity contribution in [2.75, 3.05) is 26.3 Å². The molecular formula is C16H23NO5. The Hall–Kier alpha value is -1.40. The average Bonchev–Trinajstić information content (AvgIpc) is 3.18. The van der Waals surface area contributed by atoms with E-state index in [1.165, 1.54) is 0 Å². The molecule has 0 N–H and O–H groups in total. The quantitative estimate of drug-likeness (QED) is 0.565. The maximum absolute atomic E-state index is 12.7. The van der Waals surface area contributed by atoms with Crippen molar-refractivity contribution < 1.29 is 23.8 Å². The topological polar surface area (TPSA) is 65.1 Å². The van der Waals surface area contributed by atoms with Gasteiger partial charge in [0.1, 0.15) is 0 Å². The minimum Gasteiger partial charge on any atom is -0.452 e. The molecule has 0 spiro atoms. The molecule has 2 fully saturated rings. The van der Waals surface area contributed by atoms with Crippen molar-refractivity contribution in [2.24, 2.45) is 5.92 Å². The molecule has 122 valence electrons. The molecule has 2 atom stereocenters. The van der Waals surface area contributed by atoms with Crippen LogP contribution in [0.1, 0.15) is 32.1 Å². The summed E-state index contributed by atoms with van der Waals surface area (Å²) in [6.45, 7) is 2.21. The number of esters is 1. The highest BCUT2D eigenvalue weighted by molar-refractivity contribution is 5.86. The van der Waals surface area contributed by atoms with Gasteiger partial charge in [-0.05, 0) is 25.2 Å². The van der Waals surface area contributed by atoms with Crippen LogP contribution in [0.4, 0.5) is 0 Å². The molecule has 1 amide bonds. The molecule has 2 aliphatic heterocycles. The van der Waals surface area contributed by atoms with Gasteiger partial charge < -0.3 is 19.1 Å². The highest BCUT2D eigenvalue weighted by Gasteiger charge is 2.35. The molecule has 1 aliphatic carbocycles. The second-order valence-electron chi connectivity index (χ2n) is 6.08. The lowest BCUT2D eigenvalue weighted by molar-refractivity contribution is -0.156. The fourth-order valence-corrected chi connectivity index (χ4v) is 3.18. The van der Waals surface area contributed by atoms with E-state index in [0.29, 0.717) is 45.1 Å². The number of rotatable bonds is 5. The lowest BCUT2D eigenvalue weighted by Gasteiger charge is -2.31. The summed E-state index contributed by atoms with van der Waals surface area (Å²) in [5.74, 6) is 0.0548. The molecule has 0 radical (unpaired) electrons. The molecule has 0 aromatic rings. The molecule has 2 saturated heterocycles. The molecule has 0 aromatic heterocycles. The van der Waals surface area contributed by atoms with Crippen molar-refractivity contribution in [1.82, 2.24) is 4.90 Å². The number of allylic oxidation sites excluding steroid dienone is 2. The Kier molecular flexibility index (Phi) is 5.10. The Morgan fingerprint density at radius 3 is 2.64 bits per heavy atom. The minimum atomic E-state index is -0.631. The van der Waals surface area contributed by atoms with Gasteiger partial charge >= 0.3 is 5.97 Å². The first-order valence-electron chi connectivity index (χ1n) is 8.09.